The zero-order chi connectivity index (χ0) is 17.9. The highest BCUT2D eigenvalue weighted by Gasteiger charge is 2.25. The number of carbonyl (C=O) groups excluding carboxylic acids is 1. The van der Waals surface area contributed by atoms with Crippen molar-refractivity contribution >= 4 is 11.7 Å². The minimum Gasteiger partial charge on any atom is -0.375 e. The molecule has 1 aliphatic carbocycles. The van der Waals surface area contributed by atoms with E-state index in [0.717, 1.165) is 42.6 Å². The third kappa shape index (κ3) is 3.90. The molecular formula is C20H26N4O2. The van der Waals surface area contributed by atoms with Crippen LogP contribution in [0.3, 0.4) is 0 Å². The van der Waals surface area contributed by atoms with Crippen LogP contribution in [-0.2, 0) is 30.9 Å². The summed E-state index contributed by atoms with van der Waals surface area (Å²) < 4.78 is 7.92. The molecule has 4 rings (SSSR count). The van der Waals surface area contributed by atoms with Gasteiger partial charge < -0.3 is 19.5 Å². The molecule has 2 amide bonds. The van der Waals surface area contributed by atoms with Crippen LogP contribution in [0.2, 0.25) is 0 Å². The first-order valence-corrected chi connectivity index (χ1v) is 9.48. The Morgan fingerprint density at radius 3 is 2.81 bits per heavy atom. The van der Waals surface area contributed by atoms with E-state index in [1.54, 1.807) is 0 Å². The molecule has 6 heteroatoms. The molecule has 0 bridgehead atoms. The second-order valence-corrected chi connectivity index (χ2v) is 7.19. The molecule has 0 saturated heterocycles. The van der Waals surface area contributed by atoms with Crippen molar-refractivity contribution in [3.8, 4) is 0 Å². The van der Waals surface area contributed by atoms with Crippen LogP contribution in [-0.4, -0.2) is 33.6 Å². The van der Waals surface area contributed by atoms with Crippen molar-refractivity contribution in [1.82, 2.24) is 14.5 Å². The van der Waals surface area contributed by atoms with Crippen molar-refractivity contribution in [2.75, 3.05) is 18.5 Å². The first-order valence-electron chi connectivity index (χ1n) is 9.48. The molecule has 26 heavy (non-hydrogen) atoms. The van der Waals surface area contributed by atoms with Crippen LogP contribution in [0.4, 0.5) is 10.5 Å². The van der Waals surface area contributed by atoms with Crippen LogP contribution in [0.15, 0.2) is 30.6 Å². The molecule has 2 aliphatic rings. The monoisotopic (exact) mass is 354 g/mol. The number of carbonyl (C=O) groups is 1. The summed E-state index contributed by atoms with van der Waals surface area (Å²) in [7, 11) is 0. The maximum Gasteiger partial charge on any atom is 0.322 e. The first kappa shape index (κ1) is 17.1. The number of nitrogens with one attached hydrogen (secondary N) is 1. The minimum absolute atomic E-state index is 0.0634. The lowest BCUT2D eigenvalue weighted by Crippen LogP contribution is -2.40. The van der Waals surface area contributed by atoms with Gasteiger partial charge in [0.1, 0.15) is 0 Å². The van der Waals surface area contributed by atoms with Crippen LogP contribution in [0, 0.1) is 5.92 Å². The van der Waals surface area contributed by atoms with Gasteiger partial charge in [-0.15, -0.1) is 0 Å². The number of nitrogens with zero attached hydrogens (tertiary/aromatic N) is 3. The zero-order valence-electron chi connectivity index (χ0n) is 15.3. The van der Waals surface area contributed by atoms with E-state index >= 15 is 0 Å². The minimum atomic E-state index is -0.0634. The van der Waals surface area contributed by atoms with Crippen LogP contribution >= 0.6 is 0 Å². The van der Waals surface area contributed by atoms with Gasteiger partial charge in [-0.25, -0.2) is 9.78 Å². The number of fused-ring (bicyclic) bond motifs is 1. The van der Waals surface area contributed by atoms with Crippen molar-refractivity contribution in [3.05, 3.63) is 47.5 Å². The zero-order valence-corrected chi connectivity index (χ0v) is 15.3. The molecule has 0 unspecified atom stereocenters. The Morgan fingerprint density at radius 2 is 2.08 bits per heavy atom. The van der Waals surface area contributed by atoms with Crippen LogP contribution in [0.25, 0.3) is 0 Å². The molecule has 0 radical (unpaired) electrons. The largest absolute Gasteiger partial charge is 0.375 e. The number of urea groups is 1. The van der Waals surface area contributed by atoms with Gasteiger partial charge in [-0.1, -0.05) is 19.1 Å². The summed E-state index contributed by atoms with van der Waals surface area (Å²) in [5.74, 6) is 0.745. The van der Waals surface area contributed by atoms with E-state index in [1.807, 2.05) is 23.4 Å². The fourth-order valence-corrected chi connectivity index (χ4v) is 3.24. The van der Waals surface area contributed by atoms with Gasteiger partial charge in [0.05, 0.1) is 30.9 Å². The summed E-state index contributed by atoms with van der Waals surface area (Å²) in [6.07, 6.45) is 5.43. The number of benzene rings is 1. The van der Waals surface area contributed by atoms with E-state index in [2.05, 4.69) is 33.9 Å². The lowest BCUT2D eigenvalue weighted by Gasteiger charge is -2.29. The summed E-state index contributed by atoms with van der Waals surface area (Å²) in [5.41, 5.74) is 4.14. The predicted molar refractivity (Wildman–Crippen MR) is 99.9 cm³/mol. The van der Waals surface area contributed by atoms with Crippen LogP contribution in [0.5, 0.6) is 0 Å². The highest BCUT2D eigenvalue weighted by atomic mass is 16.5. The third-order valence-electron chi connectivity index (χ3n) is 5.17. The van der Waals surface area contributed by atoms with E-state index < -0.39 is 0 Å². The lowest BCUT2D eigenvalue weighted by atomic mass is 10.1. The number of amides is 2. The number of imidazole rings is 1. The number of ether oxygens (including phenoxy) is 1. The molecule has 2 aromatic rings. The summed E-state index contributed by atoms with van der Waals surface area (Å²) in [6.45, 7) is 5.51. The number of aromatic nitrogens is 2. The smallest absolute Gasteiger partial charge is 0.322 e. The quantitative estimate of drug-likeness (QED) is 0.865. The van der Waals surface area contributed by atoms with Crippen molar-refractivity contribution in [2.45, 2.75) is 45.9 Å². The van der Waals surface area contributed by atoms with Gasteiger partial charge in [-0.2, -0.15) is 0 Å². The average Bonchev–Trinajstić information content (AvgIpc) is 3.41. The van der Waals surface area contributed by atoms with E-state index in [-0.39, 0.29) is 6.03 Å². The molecule has 1 aliphatic heterocycles. The van der Waals surface area contributed by atoms with Crippen molar-refractivity contribution < 1.29 is 9.53 Å². The fraction of sp³-hybridized carbons (Fsp3) is 0.500. The van der Waals surface area contributed by atoms with Crippen LogP contribution in [0.1, 0.15) is 36.7 Å². The second kappa shape index (κ2) is 7.50. The summed E-state index contributed by atoms with van der Waals surface area (Å²) in [5, 5.41) is 3.00. The molecule has 1 aromatic carbocycles. The maximum absolute atomic E-state index is 12.6. The lowest BCUT2D eigenvalue weighted by molar-refractivity contribution is 0.107. The molecule has 1 N–H and O–H groups in total. The Bertz CT molecular complexity index is 765. The molecule has 0 atom stereocenters. The third-order valence-corrected chi connectivity index (χ3v) is 5.17. The normalized spacial score (nSPS) is 16.4. The average molecular weight is 354 g/mol. The van der Waals surface area contributed by atoms with Crippen molar-refractivity contribution in [2.24, 2.45) is 5.92 Å². The fourth-order valence-electron chi connectivity index (χ4n) is 3.24. The number of anilines is 1. The Morgan fingerprint density at radius 1 is 1.27 bits per heavy atom. The molecule has 6 nitrogen and oxygen atoms in total. The van der Waals surface area contributed by atoms with E-state index in [0.29, 0.717) is 19.7 Å². The molecule has 138 valence electrons. The van der Waals surface area contributed by atoms with E-state index in [9.17, 15) is 4.79 Å². The predicted octanol–water partition coefficient (Wildman–Crippen LogP) is 3.42. The molecule has 0 spiro atoms. The number of hydrogen-bond acceptors (Lipinski definition) is 3. The summed E-state index contributed by atoms with van der Waals surface area (Å²) in [6, 6.07) is 7.96. The molecule has 1 fully saturated rings. The van der Waals surface area contributed by atoms with Gasteiger partial charge in [0.25, 0.3) is 0 Å². The summed E-state index contributed by atoms with van der Waals surface area (Å²) >= 11 is 0. The van der Waals surface area contributed by atoms with Gasteiger partial charge in [-0.05, 0) is 42.9 Å². The van der Waals surface area contributed by atoms with Crippen molar-refractivity contribution in [1.29, 1.82) is 0 Å². The SMILES string of the molecule is CCc1ccc(NC(=O)N2CCn3cnc(COCC4CC4)c3C2)cc1. The van der Waals surface area contributed by atoms with E-state index in [1.165, 1.54) is 18.4 Å². The summed E-state index contributed by atoms with van der Waals surface area (Å²) in [4.78, 5) is 19.0. The Kier molecular flexibility index (Phi) is 4.93. The Balaban J connectivity index is 1.36. The first-order chi connectivity index (χ1) is 12.7. The number of rotatable bonds is 6. The molecule has 1 saturated carbocycles. The van der Waals surface area contributed by atoms with Gasteiger partial charge in [0.15, 0.2) is 0 Å². The molecule has 2 heterocycles. The number of hydrogen-bond donors (Lipinski definition) is 1. The van der Waals surface area contributed by atoms with E-state index in [4.69, 9.17) is 4.74 Å². The van der Waals surface area contributed by atoms with Crippen molar-refractivity contribution in [3.63, 3.8) is 0 Å². The van der Waals surface area contributed by atoms with Gasteiger partial charge >= 0.3 is 6.03 Å². The second-order valence-electron chi connectivity index (χ2n) is 7.19. The number of aryl methyl sites for hydroxylation is 1. The highest BCUT2D eigenvalue weighted by Crippen LogP contribution is 2.29. The van der Waals surface area contributed by atoms with Gasteiger partial charge in [0.2, 0.25) is 0 Å². The maximum atomic E-state index is 12.6. The molecular weight excluding hydrogens is 328 g/mol. The van der Waals surface area contributed by atoms with Gasteiger partial charge in [-0.3, -0.25) is 0 Å². The highest BCUT2D eigenvalue weighted by molar-refractivity contribution is 5.89. The Hall–Kier alpha value is -2.34. The Labute approximate surface area is 154 Å². The molecule has 1 aromatic heterocycles. The van der Waals surface area contributed by atoms with Crippen LogP contribution < -0.4 is 5.32 Å². The topological polar surface area (TPSA) is 59.4 Å². The standard InChI is InChI=1S/C20H26N4O2/c1-2-15-5-7-17(8-6-15)22-20(25)23-9-10-24-14-21-18(19(24)11-23)13-26-12-16-3-4-16/h5-8,14,16H,2-4,9-13H2,1H3,(H,22,25). The van der Waals surface area contributed by atoms with Gasteiger partial charge in [0, 0.05) is 25.4 Å².